The Morgan fingerprint density at radius 2 is 1.44 bits per heavy atom. The standard InChI is InChI=1S/C19H32F2O4/c1-15(2,3)12-17(7,16(4,5)6)14(24)25-18(10-8-9-11-18)19(20,21)13(22)23/h8-12H2,1-7H3,(H,22,23). The summed E-state index contributed by atoms with van der Waals surface area (Å²) in [6.07, 6.45) is 1.02. The minimum absolute atomic E-state index is 0.131. The summed E-state index contributed by atoms with van der Waals surface area (Å²) in [7, 11) is 0. The Labute approximate surface area is 149 Å². The second kappa shape index (κ2) is 6.51. The summed E-state index contributed by atoms with van der Waals surface area (Å²) in [5.41, 5.74) is -4.02. The van der Waals surface area contributed by atoms with E-state index >= 15 is 0 Å². The van der Waals surface area contributed by atoms with Crippen LogP contribution in [0.2, 0.25) is 0 Å². The highest BCUT2D eigenvalue weighted by atomic mass is 19.3. The van der Waals surface area contributed by atoms with Gasteiger partial charge in [-0.15, -0.1) is 0 Å². The van der Waals surface area contributed by atoms with Gasteiger partial charge in [0.25, 0.3) is 0 Å². The molecule has 1 atom stereocenters. The van der Waals surface area contributed by atoms with Crippen LogP contribution in [0.1, 0.15) is 80.6 Å². The molecule has 6 heteroatoms. The lowest BCUT2D eigenvalue weighted by molar-refractivity contribution is -0.230. The molecule has 0 saturated heterocycles. The summed E-state index contributed by atoms with van der Waals surface area (Å²) in [5.74, 6) is -7.08. The van der Waals surface area contributed by atoms with Crippen molar-refractivity contribution < 1.29 is 28.2 Å². The Bertz CT molecular complexity index is 523. The molecule has 1 aliphatic carbocycles. The Hall–Kier alpha value is -1.20. The van der Waals surface area contributed by atoms with Gasteiger partial charge in [0.2, 0.25) is 0 Å². The molecular weight excluding hydrogens is 330 g/mol. The molecule has 0 spiro atoms. The number of esters is 1. The van der Waals surface area contributed by atoms with Gasteiger partial charge >= 0.3 is 17.9 Å². The van der Waals surface area contributed by atoms with Gasteiger partial charge in [0.1, 0.15) is 0 Å². The van der Waals surface area contributed by atoms with Gasteiger partial charge in [0.15, 0.2) is 5.60 Å². The highest BCUT2D eigenvalue weighted by Crippen LogP contribution is 2.51. The molecule has 1 aliphatic rings. The molecule has 1 saturated carbocycles. The number of alkyl halides is 2. The van der Waals surface area contributed by atoms with Gasteiger partial charge < -0.3 is 9.84 Å². The SMILES string of the molecule is CC(C)(C)CC(C)(C(=O)OC1(C(F)(F)C(=O)O)CCCC1)C(C)(C)C. The van der Waals surface area contributed by atoms with Crippen molar-refractivity contribution >= 4 is 11.9 Å². The normalized spacial score (nSPS) is 20.8. The van der Waals surface area contributed by atoms with E-state index in [9.17, 15) is 18.4 Å². The molecule has 0 amide bonds. The third kappa shape index (κ3) is 4.14. The third-order valence-electron chi connectivity index (χ3n) is 5.53. The topological polar surface area (TPSA) is 63.6 Å². The fourth-order valence-corrected chi connectivity index (χ4v) is 3.62. The van der Waals surface area contributed by atoms with Crippen LogP contribution < -0.4 is 0 Å². The van der Waals surface area contributed by atoms with E-state index in [1.54, 1.807) is 6.92 Å². The molecular formula is C19H32F2O4. The maximum absolute atomic E-state index is 14.4. The van der Waals surface area contributed by atoms with Crippen LogP contribution in [0.3, 0.4) is 0 Å². The Balaban J connectivity index is 3.28. The molecule has 0 aliphatic heterocycles. The number of carbonyl (C=O) groups excluding carboxylic acids is 1. The van der Waals surface area contributed by atoms with Crippen molar-refractivity contribution in [1.29, 1.82) is 0 Å². The predicted molar refractivity (Wildman–Crippen MR) is 91.5 cm³/mol. The molecule has 0 radical (unpaired) electrons. The molecule has 1 fully saturated rings. The summed E-state index contributed by atoms with van der Waals surface area (Å²) < 4.78 is 34.2. The number of hydrogen-bond acceptors (Lipinski definition) is 3. The highest BCUT2D eigenvalue weighted by molar-refractivity contribution is 5.81. The summed E-state index contributed by atoms with van der Waals surface area (Å²) in [4.78, 5) is 24.2. The second-order valence-corrected chi connectivity index (χ2v) is 9.79. The average Bonchev–Trinajstić information content (AvgIpc) is 2.85. The van der Waals surface area contributed by atoms with Crippen LogP contribution in [-0.2, 0) is 14.3 Å². The van der Waals surface area contributed by atoms with Gasteiger partial charge in [-0.05, 0) is 49.9 Å². The van der Waals surface area contributed by atoms with Crippen LogP contribution in [0.15, 0.2) is 0 Å². The van der Waals surface area contributed by atoms with Gasteiger partial charge in [-0.1, -0.05) is 41.5 Å². The molecule has 146 valence electrons. The summed E-state index contributed by atoms with van der Waals surface area (Å²) in [5, 5.41) is 8.99. The molecule has 0 bridgehead atoms. The maximum Gasteiger partial charge on any atom is 0.381 e. The van der Waals surface area contributed by atoms with Crippen LogP contribution in [0.25, 0.3) is 0 Å². The summed E-state index contributed by atoms with van der Waals surface area (Å²) >= 11 is 0. The monoisotopic (exact) mass is 362 g/mol. The zero-order valence-corrected chi connectivity index (χ0v) is 16.5. The van der Waals surface area contributed by atoms with Gasteiger partial charge in [-0.3, -0.25) is 4.79 Å². The quantitative estimate of drug-likeness (QED) is 0.695. The van der Waals surface area contributed by atoms with Gasteiger partial charge in [0, 0.05) is 0 Å². The van der Waals surface area contributed by atoms with Crippen LogP contribution >= 0.6 is 0 Å². The van der Waals surface area contributed by atoms with Gasteiger partial charge in [-0.25, -0.2) is 4.79 Å². The third-order valence-corrected chi connectivity index (χ3v) is 5.53. The predicted octanol–water partition coefficient (Wildman–Crippen LogP) is 5.05. The van der Waals surface area contributed by atoms with Crippen LogP contribution in [-0.4, -0.2) is 28.6 Å². The number of carboxylic acid groups (broad SMARTS) is 1. The van der Waals surface area contributed by atoms with Crippen LogP contribution in [0.4, 0.5) is 8.78 Å². The fourth-order valence-electron chi connectivity index (χ4n) is 3.62. The molecule has 4 nitrogen and oxygen atoms in total. The lowest BCUT2D eigenvalue weighted by atomic mass is 9.61. The minimum Gasteiger partial charge on any atom is -0.477 e. The zero-order valence-electron chi connectivity index (χ0n) is 16.5. The summed E-state index contributed by atoms with van der Waals surface area (Å²) in [6.45, 7) is 13.3. The van der Waals surface area contributed by atoms with Gasteiger partial charge in [-0.2, -0.15) is 8.78 Å². The van der Waals surface area contributed by atoms with Crippen molar-refractivity contribution in [3.8, 4) is 0 Å². The first-order valence-electron chi connectivity index (χ1n) is 8.83. The van der Waals surface area contributed by atoms with Crippen LogP contribution in [0.5, 0.6) is 0 Å². The molecule has 1 N–H and O–H groups in total. The number of rotatable bonds is 5. The van der Waals surface area contributed by atoms with E-state index in [1.807, 2.05) is 41.5 Å². The Morgan fingerprint density at radius 1 is 1.00 bits per heavy atom. The second-order valence-electron chi connectivity index (χ2n) is 9.79. The first kappa shape index (κ1) is 21.8. The van der Waals surface area contributed by atoms with Crippen molar-refractivity contribution in [3.63, 3.8) is 0 Å². The average molecular weight is 362 g/mol. The van der Waals surface area contributed by atoms with Crippen molar-refractivity contribution in [2.75, 3.05) is 0 Å². The van der Waals surface area contributed by atoms with Crippen molar-refractivity contribution in [2.24, 2.45) is 16.2 Å². The highest BCUT2D eigenvalue weighted by Gasteiger charge is 2.64. The number of aliphatic carboxylic acids is 1. The molecule has 25 heavy (non-hydrogen) atoms. The van der Waals surface area contributed by atoms with E-state index in [1.165, 1.54) is 0 Å². The zero-order chi connectivity index (χ0) is 19.9. The number of ether oxygens (including phenoxy) is 1. The van der Waals surface area contributed by atoms with E-state index < -0.39 is 34.3 Å². The first-order valence-corrected chi connectivity index (χ1v) is 8.83. The van der Waals surface area contributed by atoms with E-state index in [2.05, 4.69) is 0 Å². The molecule has 1 unspecified atom stereocenters. The molecule has 1 rings (SSSR count). The molecule has 0 aromatic heterocycles. The van der Waals surface area contributed by atoms with Crippen molar-refractivity contribution in [1.82, 2.24) is 0 Å². The molecule has 0 aromatic rings. The Morgan fingerprint density at radius 3 is 1.76 bits per heavy atom. The smallest absolute Gasteiger partial charge is 0.381 e. The van der Waals surface area contributed by atoms with Crippen LogP contribution in [0, 0.1) is 16.2 Å². The van der Waals surface area contributed by atoms with E-state index in [0.717, 1.165) is 0 Å². The summed E-state index contributed by atoms with van der Waals surface area (Å²) in [6, 6.07) is 0. The molecule has 0 aromatic carbocycles. The lowest BCUT2D eigenvalue weighted by Gasteiger charge is -2.46. The number of carbonyl (C=O) groups is 2. The maximum atomic E-state index is 14.4. The van der Waals surface area contributed by atoms with E-state index in [-0.39, 0.29) is 18.3 Å². The fraction of sp³-hybridized carbons (Fsp3) is 0.895. The van der Waals surface area contributed by atoms with Crippen molar-refractivity contribution in [2.45, 2.75) is 92.1 Å². The lowest BCUT2D eigenvalue weighted by Crippen LogP contribution is -2.57. The van der Waals surface area contributed by atoms with Gasteiger partial charge in [0.05, 0.1) is 5.41 Å². The molecule has 0 heterocycles. The number of halogens is 2. The number of hydrogen-bond donors (Lipinski definition) is 1. The first-order chi connectivity index (χ1) is 11.0. The van der Waals surface area contributed by atoms with E-state index in [0.29, 0.717) is 19.3 Å². The Kier molecular flexibility index (Phi) is 5.69. The number of carboxylic acids is 1. The van der Waals surface area contributed by atoms with E-state index in [4.69, 9.17) is 9.84 Å². The largest absolute Gasteiger partial charge is 0.477 e. The van der Waals surface area contributed by atoms with Crippen molar-refractivity contribution in [3.05, 3.63) is 0 Å². The minimum atomic E-state index is -4.10.